The van der Waals surface area contributed by atoms with Crippen molar-refractivity contribution in [3.8, 4) is 11.5 Å². The maximum atomic E-state index is 11.6. The number of benzene rings is 1. The van der Waals surface area contributed by atoms with Gasteiger partial charge in [0, 0.05) is 11.6 Å². The molecule has 2 rings (SSSR count). The van der Waals surface area contributed by atoms with E-state index in [-0.39, 0.29) is 23.8 Å². The normalized spacial score (nSPS) is 17.4. The Balaban J connectivity index is 1.88. The molecule has 20 heavy (non-hydrogen) atoms. The van der Waals surface area contributed by atoms with Crippen LogP contribution in [0.25, 0.3) is 0 Å². The van der Waals surface area contributed by atoms with Gasteiger partial charge in [0.1, 0.15) is 11.5 Å². The predicted octanol–water partition coefficient (Wildman–Crippen LogP) is 0.701. The number of hydrogen-bond donors (Lipinski definition) is 3. The molecule has 0 saturated carbocycles. The molecule has 0 bridgehead atoms. The van der Waals surface area contributed by atoms with E-state index in [1.165, 1.54) is 24.4 Å². The van der Waals surface area contributed by atoms with Gasteiger partial charge in [0.05, 0.1) is 25.8 Å². The summed E-state index contributed by atoms with van der Waals surface area (Å²) >= 11 is 0. The predicted molar refractivity (Wildman–Crippen MR) is 70.4 cm³/mol. The fourth-order valence-electron chi connectivity index (χ4n) is 1.81. The van der Waals surface area contributed by atoms with Crippen molar-refractivity contribution >= 4 is 12.1 Å². The molecule has 1 amide bonds. The van der Waals surface area contributed by atoms with Crippen LogP contribution in [0.4, 0.5) is 0 Å². The zero-order chi connectivity index (χ0) is 14.6. The van der Waals surface area contributed by atoms with Crippen LogP contribution in [0.15, 0.2) is 23.3 Å². The van der Waals surface area contributed by atoms with Gasteiger partial charge >= 0.3 is 0 Å². The van der Waals surface area contributed by atoms with Crippen molar-refractivity contribution in [3.63, 3.8) is 0 Å². The summed E-state index contributed by atoms with van der Waals surface area (Å²) in [5.41, 5.74) is 2.70. The monoisotopic (exact) mass is 280 g/mol. The molecule has 1 aliphatic heterocycles. The van der Waals surface area contributed by atoms with E-state index in [2.05, 4.69) is 10.5 Å². The van der Waals surface area contributed by atoms with Crippen molar-refractivity contribution in [2.45, 2.75) is 19.1 Å². The summed E-state index contributed by atoms with van der Waals surface area (Å²) in [7, 11) is 0. The summed E-state index contributed by atoms with van der Waals surface area (Å²) in [5.74, 6) is -1.44. The maximum Gasteiger partial charge on any atom is 0.245 e. The minimum absolute atomic E-state index is 0.0336. The third kappa shape index (κ3) is 3.69. The molecule has 0 unspecified atom stereocenters. The molecule has 0 aromatic heterocycles. The maximum absolute atomic E-state index is 11.6. The largest absolute Gasteiger partial charge is 0.508 e. The molecule has 0 atom stereocenters. The molecule has 1 saturated heterocycles. The average molecular weight is 280 g/mol. The van der Waals surface area contributed by atoms with E-state index in [1.54, 1.807) is 6.92 Å². The fourth-order valence-corrected chi connectivity index (χ4v) is 1.81. The Morgan fingerprint density at radius 1 is 1.45 bits per heavy atom. The number of phenolic OH excluding ortho intramolecular Hbond substituents is 2. The highest BCUT2D eigenvalue weighted by atomic mass is 16.7. The van der Waals surface area contributed by atoms with E-state index < -0.39 is 5.79 Å². The first kappa shape index (κ1) is 14.3. The number of nitrogens with zero attached hydrogens (tertiary/aromatic N) is 1. The van der Waals surface area contributed by atoms with Gasteiger partial charge in [0.25, 0.3) is 0 Å². The zero-order valence-electron chi connectivity index (χ0n) is 11.0. The number of phenols is 2. The van der Waals surface area contributed by atoms with Crippen LogP contribution >= 0.6 is 0 Å². The topological polar surface area (TPSA) is 100 Å². The van der Waals surface area contributed by atoms with Crippen molar-refractivity contribution in [3.05, 3.63) is 23.8 Å². The fraction of sp³-hybridized carbons (Fsp3) is 0.385. The quantitative estimate of drug-likeness (QED) is 0.557. The number of carbonyl (C=O) groups excluding carboxylic acids is 1. The number of amides is 1. The Morgan fingerprint density at radius 3 is 2.80 bits per heavy atom. The molecule has 0 spiro atoms. The van der Waals surface area contributed by atoms with E-state index in [1.807, 2.05) is 0 Å². The Morgan fingerprint density at radius 2 is 2.15 bits per heavy atom. The van der Waals surface area contributed by atoms with E-state index in [4.69, 9.17) is 14.6 Å². The summed E-state index contributed by atoms with van der Waals surface area (Å²) in [6.07, 6.45) is 1.32. The van der Waals surface area contributed by atoms with E-state index >= 15 is 0 Å². The first-order chi connectivity index (χ1) is 9.48. The minimum Gasteiger partial charge on any atom is -0.508 e. The molecule has 1 heterocycles. The molecule has 0 radical (unpaired) electrons. The molecule has 1 aromatic rings. The highest BCUT2D eigenvalue weighted by molar-refractivity contribution is 5.85. The summed E-state index contributed by atoms with van der Waals surface area (Å²) in [4.78, 5) is 11.6. The van der Waals surface area contributed by atoms with Gasteiger partial charge in [-0.1, -0.05) is 0 Å². The first-order valence-electron chi connectivity index (χ1n) is 6.10. The van der Waals surface area contributed by atoms with E-state index in [0.29, 0.717) is 18.8 Å². The van der Waals surface area contributed by atoms with Crippen LogP contribution in [0.5, 0.6) is 11.5 Å². The molecule has 0 aliphatic carbocycles. The third-order valence-corrected chi connectivity index (χ3v) is 2.79. The molecular weight excluding hydrogens is 264 g/mol. The number of ether oxygens (including phenoxy) is 2. The van der Waals surface area contributed by atoms with Crippen LogP contribution in [0.1, 0.15) is 18.9 Å². The van der Waals surface area contributed by atoms with E-state index in [9.17, 15) is 9.90 Å². The van der Waals surface area contributed by atoms with Gasteiger partial charge in [-0.25, -0.2) is 5.43 Å². The number of aromatic hydroxyl groups is 2. The summed E-state index contributed by atoms with van der Waals surface area (Å²) in [5, 5.41) is 22.4. The number of carbonyl (C=O) groups is 1. The Bertz CT molecular complexity index is 523. The van der Waals surface area contributed by atoms with Gasteiger partial charge in [-0.3, -0.25) is 4.79 Å². The Labute approximate surface area is 115 Å². The molecule has 1 aromatic carbocycles. The lowest BCUT2D eigenvalue weighted by molar-refractivity contribution is -0.159. The van der Waals surface area contributed by atoms with Crippen LogP contribution in [0.2, 0.25) is 0 Å². The lowest BCUT2D eigenvalue weighted by Gasteiger charge is -2.20. The molecule has 1 fully saturated rings. The Kier molecular flexibility index (Phi) is 4.21. The van der Waals surface area contributed by atoms with Crippen molar-refractivity contribution in [2.24, 2.45) is 5.10 Å². The number of rotatable bonds is 4. The van der Waals surface area contributed by atoms with Gasteiger partial charge in [-0.2, -0.15) is 5.10 Å². The summed E-state index contributed by atoms with van der Waals surface area (Å²) in [6.45, 7) is 2.62. The van der Waals surface area contributed by atoms with Crippen LogP contribution in [0, 0.1) is 0 Å². The number of hydrazone groups is 1. The molecule has 7 nitrogen and oxygen atoms in total. The zero-order valence-corrected chi connectivity index (χ0v) is 11.0. The van der Waals surface area contributed by atoms with Crippen molar-refractivity contribution in [1.29, 1.82) is 0 Å². The summed E-state index contributed by atoms with van der Waals surface area (Å²) < 4.78 is 10.6. The molecule has 7 heteroatoms. The average Bonchev–Trinajstić information content (AvgIpc) is 2.78. The van der Waals surface area contributed by atoms with Gasteiger partial charge in [0.2, 0.25) is 5.91 Å². The SMILES string of the molecule is CC1(CC(=O)N/N=C\c2ccc(O)cc2O)OCCO1. The van der Waals surface area contributed by atoms with Crippen LogP contribution in [0.3, 0.4) is 0 Å². The second-order valence-electron chi connectivity index (χ2n) is 4.54. The number of hydrogen-bond acceptors (Lipinski definition) is 6. The van der Waals surface area contributed by atoms with Crippen molar-refractivity contribution in [2.75, 3.05) is 13.2 Å². The van der Waals surface area contributed by atoms with Gasteiger partial charge in [-0.15, -0.1) is 0 Å². The standard InChI is InChI=1S/C13H16N2O5/c1-13(19-4-5-20-13)7-12(18)15-14-8-9-2-3-10(16)6-11(9)17/h2-3,6,8,16-17H,4-5,7H2,1H3,(H,15,18)/b14-8-. The second-order valence-corrected chi connectivity index (χ2v) is 4.54. The van der Waals surface area contributed by atoms with Crippen LogP contribution in [-0.2, 0) is 14.3 Å². The Hall–Kier alpha value is -2.12. The van der Waals surface area contributed by atoms with Gasteiger partial charge < -0.3 is 19.7 Å². The molecule has 108 valence electrons. The summed E-state index contributed by atoms with van der Waals surface area (Å²) in [6, 6.07) is 4.07. The lowest BCUT2D eigenvalue weighted by atomic mass is 10.2. The molecular formula is C13H16N2O5. The van der Waals surface area contributed by atoms with Gasteiger partial charge in [0.15, 0.2) is 5.79 Å². The second kappa shape index (κ2) is 5.89. The van der Waals surface area contributed by atoms with E-state index in [0.717, 1.165) is 0 Å². The van der Waals surface area contributed by atoms with Crippen LogP contribution < -0.4 is 5.43 Å². The highest BCUT2D eigenvalue weighted by Gasteiger charge is 2.33. The van der Waals surface area contributed by atoms with Crippen molar-refractivity contribution in [1.82, 2.24) is 5.43 Å². The third-order valence-electron chi connectivity index (χ3n) is 2.79. The molecule has 3 N–H and O–H groups in total. The van der Waals surface area contributed by atoms with Gasteiger partial charge in [-0.05, 0) is 19.1 Å². The minimum atomic E-state index is -0.903. The smallest absolute Gasteiger partial charge is 0.245 e. The van der Waals surface area contributed by atoms with Crippen LogP contribution in [-0.4, -0.2) is 41.3 Å². The first-order valence-corrected chi connectivity index (χ1v) is 6.10. The number of nitrogens with one attached hydrogen (secondary N) is 1. The van der Waals surface area contributed by atoms with Crippen molar-refractivity contribution < 1.29 is 24.5 Å². The lowest BCUT2D eigenvalue weighted by Crippen LogP contribution is -2.33. The molecule has 1 aliphatic rings. The highest BCUT2D eigenvalue weighted by Crippen LogP contribution is 2.22.